The fourth-order valence-corrected chi connectivity index (χ4v) is 10.3. The number of anilines is 1. The maximum Gasteiger partial charge on any atom is 0.247 e. The second kappa shape index (κ2) is 13.8. The van der Waals surface area contributed by atoms with E-state index in [1.807, 2.05) is 49.1 Å². The van der Waals surface area contributed by atoms with Crippen molar-refractivity contribution in [3.05, 3.63) is 55.6 Å². The van der Waals surface area contributed by atoms with Crippen LogP contribution in [0.1, 0.15) is 27.2 Å². The molecule has 4 fully saturated rings. The van der Waals surface area contributed by atoms with E-state index in [9.17, 15) is 19.5 Å². The summed E-state index contributed by atoms with van der Waals surface area (Å²) in [5.41, 5.74) is 0.762. The highest BCUT2D eigenvalue weighted by molar-refractivity contribution is 8.02. The SMILES string of the molecule is C=CCN(CCN1CCOCC1)C(=O)C1N([C@@H](CO)C(C)C)C(=O)[C@@H]2[C@@H](C(=O)N(CC=C)c3ccccc3)[C@H]3CC(C)C12S3. The Morgan fingerprint density at radius 3 is 2.43 bits per heavy atom. The third-order valence-corrected chi connectivity index (χ3v) is 12.2. The number of thioether (sulfide) groups is 1. The number of carbonyl (C=O) groups is 3. The van der Waals surface area contributed by atoms with Gasteiger partial charge in [-0.2, -0.15) is 0 Å². The number of benzene rings is 1. The Morgan fingerprint density at radius 2 is 1.82 bits per heavy atom. The second-order valence-electron chi connectivity index (χ2n) is 12.9. The van der Waals surface area contributed by atoms with E-state index in [1.54, 1.807) is 33.7 Å². The van der Waals surface area contributed by atoms with Crippen LogP contribution in [0.5, 0.6) is 0 Å². The molecule has 7 atom stereocenters. The van der Waals surface area contributed by atoms with Crippen LogP contribution in [0.2, 0.25) is 0 Å². The lowest BCUT2D eigenvalue weighted by Crippen LogP contribution is -2.60. The standard InChI is InChI=1S/C34H48N4O5S/c1-6-13-36(16-15-35-17-19-43-20-18-35)33(42)30-34-24(5)21-27(44-34)28(29(34)32(41)38(30)26(22-39)23(3)4)31(40)37(14-7-2)25-11-9-8-10-12-25/h6-12,23-24,26-30,39H,1-2,13-22H2,3-5H3/t24?,26-,27+,28-,29-,30?,34?/m0/s1. The van der Waals surface area contributed by atoms with E-state index in [-0.39, 0.29) is 41.4 Å². The number of nitrogens with zero attached hydrogens (tertiary/aromatic N) is 4. The van der Waals surface area contributed by atoms with E-state index in [1.165, 1.54) is 0 Å². The van der Waals surface area contributed by atoms with Crippen LogP contribution in [0, 0.1) is 23.7 Å². The number of para-hydroxylation sites is 1. The molecule has 1 aromatic rings. The van der Waals surface area contributed by atoms with Crippen molar-refractivity contribution in [2.45, 2.75) is 49.3 Å². The first-order valence-electron chi connectivity index (χ1n) is 16.0. The molecule has 4 heterocycles. The molecule has 0 radical (unpaired) electrons. The van der Waals surface area contributed by atoms with Crippen LogP contribution in [0.15, 0.2) is 55.6 Å². The molecule has 3 unspecified atom stereocenters. The van der Waals surface area contributed by atoms with E-state index < -0.39 is 28.7 Å². The number of hydrogen-bond acceptors (Lipinski definition) is 7. The number of aliphatic hydroxyl groups excluding tert-OH is 1. The van der Waals surface area contributed by atoms with Crippen molar-refractivity contribution >= 4 is 35.2 Å². The number of likely N-dealkylation sites (tertiary alicyclic amines) is 1. The highest BCUT2D eigenvalue weighted by Crippen LogP contribution is 2.69. The van der Waals surface area contributed by atoms with Crippen LogP contribution in [-0.2, 0) is 19.1 Å². The molecule has 44 heavy (non-hydrogen) atoms. The molecule has 5 rings (SSSR count). The molecule has 3 amide bonds. The van der Waals surface area contributed by atoms with Gasteiger partial charge in [0, 0.05) is 50.2 Å². The third-order valence-electron chi connectivity index (χ3n) is 10.1. The van der Waals surface area contributed by atoms with Crippen LogP contribution in [0.25, 0.3) is 0 Å². The number of rotatable bonds is 13. The van der Waals surface area contributed by atoms with Gasteiger partial charge in [0.25, 0.3) is 0 Å². The molecule has 0 aliphatic carbocycles. The number of fused-ring (bicyclic) bond motifs is 1. The van der Waals surface area contributed by atoms with Gasteiger partial charge in [0.15, 0.2) is 0 Å². The molecule has 1 aromatic carbocycles. The molecule has 1 spiro atoms. The minimum Gasteiger partial charge on any atom is -0.394 e. The number of carbonyl (C=O) groups excluding carboxylic acids is 3. The first kappa shape index (κ1) is 32.7. The van der Waals surface area contributed by atoms with E-state index in [2.05, 4.69) is 25.0 Å². The average Bonchev–Trinajstić information content (AvgIpc) is 3.62. The van der Waals surface area contributed by atoms with Crippen LogP contribution < -0.4 is 4.90 Å². The summed E-state index contributed by atoms with van der Waals surface area (Å²) in [6.07, 6.45) is 4.20. The zero-order chi connectivity index (χ0) is 31.6. The Hall–Kier alpha value is -2.66. The van der Waals surface area contributed by atoms with Crippen molar-refractivity contribution < 1.29 is 24.2 Å². The van der Waals surface area contributed by atoms with Crippen molar-refractivity contribution in [1.82, 2.24) is 14.7 Å². The van der Waals surface area contributed by atoms with E-state index in [0.29, 0.717) is 39.4 Å². The fraction of sp³-hybridized carbons (Fsp3) is 0.618. The van der Waals surface area contributed by atoms with Gasteiger partial charge in [-0.1, -0.05) is 51.1 Å². The number of aliphatic hydroxyl groups is 1. The number of ether oxygens (including phenoxy) is 1. The minimum atomic E-state index is -0.781. The molecule has 240 valence electrons. The lowest BCUT2D eigenvalue weighted by molar-refractivity contribution is -0.146. The molecule has 10 heteroatoms. The van der Waals surface area contributed by atoms with Crippen LogP contribution in [0.4, 0.5) is 5.69 Å². The molecule has 0 saturated carbocycles. The number of amides is 3. The maximum atomic E-state index is 14.8. The summed E-state index contributed by atoms with van der Waals surface area (Å²) >= 11 is 1.67. The van der Waals surface area contributed by atoms with Gasteiger partial charge < -0.3 is 24.5 Å². The summed E-state index contributed by atoms with van der Waals surface area (Å²) in [6, 6.07) is 8.19. The smallest absolute Gasteiger partial charge is 0.247 e. The summed E-state index contributed by atoms with van der Waals surface area (Å²) in [5.74, 6) is -1.68. The molecule has 1 N–H and O–H groups in total. The Morgan fingerprint density at radius 1 is 1.14 bits per heavy atom. The summed E-state index contributed by atoms with van der Waals surface area (Å²) in [5, 5.41) is 10.5. The molecule has 0 aromatic heterocycles. The van der Waals surface area contributed by atoms with Crippen LogP contribution >= 0.6 is 11.8 Å². The van der Waals surface area contributed by atoms with Crippen molar-refractivity contribution in [1.29, 1.82) is 0 Å². The normalized spacial score (nSPS) is 30.3. The Bertz CT molecular complexity index is 1220. The number of morpholine rings is 1. The Kier molecular flexibility index (Phi) is 10.2. The number of hydrogen-bond donors (Lipinski definition) is 1. The second-order valence-corrected chi connectivity index (χ2v) is 14.4. The molecular formula is C34H48N4O5S. The molecular weight excluding hydrogens is 576 g/mol. The summed E-state index contributed by atoms with van der Waals surface area (Å²) in [6.45, 7) is 18.5. The highest BCUT2D eigenvalue weighted by Gasteiger charge is 2.77. The zero-order valence-corrected chi connectivity index (χ0v) is 27.2. The van der Waals surface area contributed by atoms with Gasteiger partial charge in [-0.05, 0) is 30.4 Å². The van der Waals surface area contributed by atoms with Gasteiger partial charge in [-0.3, -0.25) is 19.3 Å². The molecule has 4 aliphatic heterocycles. The molecule has 4 aliphatic rings. The lowest BCUT2D eigenvalue weighted by atomic mass is 9.65. The summed E-state index contributed by atoms with van der Waals surface area (Å²) < 4.78 is 4.74. The highest BCUT2D eigenvalue weighted by atomic mass is 32.2. The topological polar surface area (TPSA) is 93.6 Å². The molecule has 9 nitrogen and oxygen atoms in total. The van der Waals surface area contributed by atoms with Crippen molar-refractivity contribution in [2.75, 3.05) is 64.0 Å². The van der Waals surface area contributed by atoms with Gasteiger partial charge in [-0.15, -0.1) is 24.9 Å². The van der Waals surface area contributed by atoms with Gasteiger partial charge >= 0.3 is 0 Å². The van der Waals surface area contributed by atoms with Crippen molar-refractivity contribution in [3.8, 4) is 0 Å². The first-order valence-corrected chi connectivity index (χ1v) is 16.9. The summed E-state index contributed by atoms with van der Waals surface area (Å²) in [7, 11) is 0. The fourth-order valence-electron chi connectivity index (χ4n) is 7.95. The first-order chi connectivity index (χ1) is 21.2. The predicted molar refractivity (Wildman–Crippen MR) is 174 cm³/mol. The van der Waals surface area contributed by atoms with E-state index in [0.717, 1.165) is 25.2 Å². The van der Waals surface area contributed by atoms with E-state index >= 15 is 0 Å². The molecule has 4 saturated heterocycles. The van der Waals surface area contributed by atoms with Gasteiger partial charge in [0.2, 0.25) is 17.7 Å². The van der Waals surface area contributed by atoms with Crippen LogP contribution in [-0.4, -0.2) is 119 Å². The Balaban J connectivity index is 1.54. The van der Waals surface area contributed by atoms with Crippen molar-refractivity contribution in [2.24, 2.45) is 23.7 Å². The van der Waals surface area contributed by atoms with Crippen LogP contribution in [0.3, 0.4) is 0 Å². The van der Waals surface area contributed by atoms with Gasteiger partial charge in [0.1, 0.15) is 6.04 Å². The average molecular weight is 625 g/mol. The Labute approximate surface area is 266 Å². The maximum absolute atomic E-state index is 14.8. The third kappa shape index (κ3) is 5.63. The van der Waals surface area contributed by atoms with E-state index in [4.69, 9.17) is 4.74 Å². The monoisotopic (exact) mass is 624 g/mol. The van der Waals surface area contributed by atoms with Gasteiger partial charge in [0.05, 0.1) is 42.4 Å². The quantitative estimate of drug-likeness (QED) is 0.338. The lowest BCUT2D eigenvalue weighted by Gasteiger charge is -2.43. The summed E-state index contributed by atoms with van der Waals surface area (Å²) in [4.78, 5) is 51.6. The minimum absolute atomic E-state index is 0.0374. The zero-order valence-electron chi connectivity index (χ0n) is 26.3. The van der Waals surface area contributed by atoms with Gasteiger partial charge in [-0.25, -0.2) is 0 Å². The predicted octanol–water partition coefficient (Wildman–Crippen LogP) is 2.91. The molecule has 2 bridgehead atoms. The van der Waals surface area contributed by atoms with Crippen molar-refractivity contribution in [3.63, 3.8) is 0 Å². The largest absolute Gasteiger partial charge is 0.394 e.